The van der Waals surface area contributed by atoms with Gasteiger partial charge in [-0.2, -0.15) is 18.3 Å². The monoisotopic (exact) mass is 256 g/mol. The zero-order chi connectivity index (χ0) is 13.2. The van der Waals surface area contributed by atoms with Crippen molar-refractivity contribution in [2.24, 2.45) is 7.05 Å². The summed E-state index contributed by atoms with van der Waals surface area (Å²) < 4.78 is 39.7. The van der Waals surface area contributed by atoms with Crippen LogP contribution in [0, 0.1) is 0 Å². The predicted octanol–water partition coefficient (Wildman–Crippen LogP) is 2.45. The molecule has 0 radical (unpaired) electrons. The molecule has 1 aromatic heterocycles. The van der Waals surface area contributed by atoms with Crippen molar-refractivity contribution in [2.45, 2.75) is 12.7 Å². The van der Waals surface area contributed by atoms with Crippen LogP contribution in [0.1, 0.15) is 11.4 Å². The molecule has 96 valence electrons. The fourth-order valence-corrected chi connectivity index (χ4v) is 1.54. The minimum absolute atomic E-state index is 0.0352. The van der Waals surface area contributed by atoms with Gasteiger partial charge in [-0.3, -0.25) is 4.68 Å². The summed E-state index contributed by atoms with van der Waals surface area (Å²) in [5.74, 6) is 0.562. The molecule has 1 heterocycles. The topological polar surface area (TPSA) is 42.7 Å². The van der Waals surface area contributed by atoms with Gasteiger partial charge < -0.3 is 5.32 Å². The van der Waals surface area contributed by atoms with Crippen LogP contribution in [0.25, 0.3) is 0 Å². The lowest BCUT2D eigenvalue weighted by Gasteiger charge is -2.13. The van der Waals surface area contributed by atoms with Crippen LogP contribution in [-0.4, -0.2) is 14.8 Å². The quantitative estimate of drug-likeness (QED) is 0.917. The number of aryl methyl sites for hydroxylation is 1. The second-order valence-electron chi connectivity index (χ2n) is 3.70. The largest absolute Gasteiger partial charge is 0.418 e. The van der Waals surface area contributed by atoms with Gasteiger partial charge in [-0.25, -0.2) is 4.98 Å². The molecular weight excluding hydrogens is 245 g/mol. The summed E-state index contributed by atoms with van der Waals surface area (Å²) in [6, 6.07) is 5.34. The molecule has 0 saturated carbocycles. The Balaban J connectivity index is 2.17. The highest BCUT2D eigenvalue weighted by atomic mass is 19.4. The van der Waals surface area contributed by atoms with Gasteiger partial charge in [0.15, 0.2) is 0 Å². The van der Waals surface area contributed by atoms with Crippen molar-refractivity contribution in [3.05, 3.63) is 42.0 Å². The molecular formula is C11H11F3N4. The molecule has 1 N–H and O–H groups in total. The van der Waals surface area contributed by atoms with Crippen molar-refractivity contribution in [3.63, 3.8) is 0 Å². The van der Waals surface area contributed by atoms with E-state index in [9.17, 15) is 13.2 Å². The Labute approximate surface area is 101 Å². The van der Waals surface area contributed by atoms with Crippen LogP contribution in [-0.2, 0) is 19.8 Å². The molecule has 0 unspecified atom stereocenters. The van der Waals surface area contributed by atoms with E-state index in [1.54, 1.807) is 13.1 Å². The maximum atomic E-state index is 12.7. The molecule has 0 spiro atoms. The number of hydrogen-bond acceptors (Lipinski definition) is 3. The van der Waals surface area contributed by atoms with Crippen molar-refractivity contribution in [1.29, 1.82) is 0 Å². The average Bonchev–Trinajstić information content (AvgIpc) is 2.71. The van der Waals surface area contributed by atoms with Crippen LogP contribution in [0.2, 0.25) is 0 Å². The molecule has 18 heavy (non-hydrogen) atoms. The third kappa shape index (κ3) is 2.61. The summed E-state index contributed by atoms with van der Waals surface area (Å²) in [4.78, 5) is 3.93. The van der Waals surface area contributed by atoms with Gasteiger partial charge in [0, 0.05) is 12.7 Å². The molecule has 0 aliphatic carbocycles. The first-order chi connectivity index (χ1) is 8.48. The minimum Gasteiger partial charge on any atom is -0.377 e. The Kier molecular flexibility index (Phi) is 3.22. The highest BCUT2D eigenvalue weighted by molar-refractivity contribution is 5.52. The molecule has 0 saturated heterocycles. The average molecular weight is 256 g/mol. The highest BCUT2D eigenvalue weighted by Gasteiger charge is 2.33. The first kappa shape index (κ1) is 12.4. The number of benzene rings is 1. The molecule has 7 heteroatoms. The zero-order valence-electron chi connectivity index (χ0n) is 9.57. The van der Waals surface area contributed by atoms with Gasteiger partial charge >= 0.3 is 6.18 Å². The van der Waals surface area contributed by atoms with Gasteiger partial charge in [0.1, 0.15) is 12.2 Å². The van der Waals surface area contributed by atoms with Crippen molar-refractivity contribution in [1.82, 2.24) is 14.8 Å². The Bertz CT molecular complexity index is 533. The molecule has 2 aromatic rings. The Morgan fingerprint density at radius 2 is 2.00 bits per heavy atom. The number of aromatic nitrogens is 3. The van der Waals surface area contributed by atoms with Crippen LogP contribution >= 0.6 is 0 Å². The van der Waals surface area contributed by atoms with E-state index in [1.165, 1.54) is 23.1 Å². The number of anilines is 1. The van der Waals surface area contributed by atoms with Gasteiger partial charge in [0.05, 0.1) is 12.1 Å². The van der Waals surface area contributed by atoms with Crippen LogP contribution in [0.15, 0.2) is 30.6 Å². The van der Waals surface area contributed by atoms with E-state index in [-0.39, 0.29) is 12.2 Å². The number of nitrogens with one attached hydrogen (secondary N) is 1. The second kappa shape index (κ2) is 4.67. The first-order valence-corrected chi connectivity index (χ1v) is 5.21. The van der Waals surface area contributed by atoms with E-state index in [1.807, 2.05) is 0 Å². The second-order valence-corrected chi connectivity index (χ2v) is 3.70. The van der Waals surface area contributed by atoms with Crippen molar-refractivity contribution >= 4 is 5.69 Å². The molecule has 0 fully saturated rings. The van der Waals surface area contributed by atoms with Crippen LogP contribution in [0.4, 0.5) is 18.9 Å². The number of alkyl halides is 3. The summed E-state index contributed by atoms with van der Waals surface area (Å²) in [6.07, 6.45) is -3.02. The molecule has 2 rings (SSSR count). The van der Waals surface area contributed by atoms with Gasteiger partial charge in [-0.1, -0.05) is 12.1 Å². The lowest BCUT2D eigenvalue weighted by atomic mass is 10.1. The van der Waals surface area contributed by atoms with E-state index >= 15 is 0 Å². The van der Waals surface area contributed by atoms with Crippen molar-refractivity contribution < 1.29 is 13.2 Å². The molecule has 0 atom stereocenters. The summed E-state index contributed by atoms with van der Waals surface area (Å²) in [7, 11) is 1.68. The number of hydrogen-bond donors (Lipinski definition) is 1. The van der Waals surface area contributed by atoms with Gasteiger partial charge in [0.25, 0.3) is 0 Å². The summed E-state index contributed by atoms with van der Waals surface area (Å²) in [5.41, 5.74) is -0.653. The molecule has 0 bridgehead atoms. The van der Waals surface area contributed by atoms with Crippen molar-refractivity contribution in [3.8, 4) is 0 Å². The van der Waals surface area contributed by atoms with Gasteiger partial charge in [-0.15, -0.1) is 0 Å². The molecule has 4 nitrogen and oxygen atoms in total. The number of rotatable bonds is 3. The van der Waals surface area contributed by atoms with E-state index in [2.05, 4.69) is 15.4 Å². The first-order valence-electron chi connectivity index (χ1n) is 5.21. The Morgan fingerprint density at radius 1 is 1.28 bits per heavy atom. The maximum Gasteiger partial charge on any atom is 0.418 e. The highest BCUT2D eigenvalue weighted by Crippen LogP contribution is 2.34. The third-order valence-corrected chi connectivity index (χ3v) is 2.47. The standard InChI is InChI=1S/C11H11F3N4/c1-18-10(16-7-17-18)6-15-9-5-3-2-4-8(9)11(12,13)14/h2-5,7,15H,6H2,1H3. The van der Waals surface area contributed by atoms with E-state index < -0.39 is 11.7 Å². The SMILES string of the molecule is Cn1ncnc1CNc1ccccc1C(F)(F)F. The lowest BCUT2D eigenvalue weighted by molar-refractivity contribution is -0.136. The Hall–Kier alpha value is -2.05. The van der Waals surface area contributed by atoms with Crippen LogP contribution < -0.4 is 5.32 Å². The number of halogens is 3. The predicted molar refractivity (Wildman–Crippen MR) is 59.8 cm³/mol. The van der Waals surface area contributed by atoms with Gasteiger partial charge in [0.2, 0.25) is 0 Å². The minimum atomic E-state index is -4.37. The normalized spacial score (nSPS) is 11.6. The third-order valence-electron chi connectivity index (χ3n) is 2.47. The smallest absolute Gasteiger partial charge is 0.377 e. The molecule has 0 aliphatic heterocycles. The van der Waals surface area contributed by atoms with E-state index in [0.29, 0.717) is 5.82 Å². The zero-order valence-corrected chi connectivity index (χ0v) is 9.57. The van der Waals surface area contributed by atoms with Crippen molar-refractivity contribution in [2.75, 3.05) is 5.32 Å². The summed E-state index contributed by atoms with van der Waals surface area (Å²) in [6.45, 7) is 0.184. The summed E-state index contributed by atoms with van der Waals surface area (Å²) in [5, 5.41) is 6.56. The maximum absolute atomic E-state index is 12.7. The van der Waals surface area contributed by atoms with Crippen LogP contribution in [0.5, 0.6) is 0 Å². The molecule has 1 aromatic carbocycles. The fraction of sp³-hybridized carbons (Fsp3) is 0.273. The molecule has 0 aliphatic rings. The summed E-state index contributed by atoms with van der Waals surface area (Å²) >= 11 is 0. The number of para-hydroxylation sites is 1. The van der Waals surface area contributed by atoms with E-state index in [4.69, 9.17) is 0 Å². The fourth-order valence-electron chi connectivity index (χ4n) is 1.54. The van der Waals surface area contributed by atoms with Gasteiger partial charge in [-0.05, 0) is 12.1 Å². The number of nitrogens with zero attached hydrogens (tertiary/aromatic N) is 3. The lowest BCUT2D eigenvalue weighted by Crippen LogP contribution is -2.12. The Morgan fingerprint density at radius 3 is 2.61 bits per heavy atom. The molecule has 0 amide bonds. The van der Waals surface area contributed by atoms with E-state index in [0.717, 1.165) is 6.07 Å². The van der Waals surface area contributed by atoms with Crippen LogP contribution in [0.3, 0.4) is 0 Å².